The summed E-state index contributed by atoms with van der Waals surface area (Å²) in [5.74, 6) is 0.565. The number of carbonyl (C=O) groups excluding carboxylic acids is 1. The maximum atomic E-state index is 11.4. The van der Waals surface area contributed by atoms with Crippen LogP contribution in [0, 0.1) is 5.92 Å². The van der Waals surface area contributed by atoms with Crippen molar-refractivity contribution in [2.45, 2.75) is 26.8 Å². The number of rotatable bonds is 6. The van der Waals surface area contributed by atoms with Crippen LogP contribution in [0.1, 0.15) is 32.6 Å². The third-order valence-corrected chi connectivity index (χ3v) is 2.39. The van der Waals surface area contributed by atoms with Gasteiger partial charge in [0.25, 0.3) is 0 Å². The lowest BCUT2D eigenvalue weighted by molar-refractivity contribution is -0.147. The summed E-state index contributed by atoms with van der Waals surface area (Å²) in [6.07, 6.45) is 1.64. The number of furan rings is 1. The second-order valence-corrected chi connectivity index (χ2v) is 3.80. The van der Waals surface area contributed by atoms with Crippen LogP contribution in [-0.2, 0) is 9.53 Å². The van der Waals surface area contributed by atoms with Crippen LogP contribution in [0.3, 0.4) is 0 Å². The minimum Gasteiger partial charge on any atom is -0.468 e. The highest BCUT2D eigenvalue weighted by atomic mass is 16.5. The van der Waals surface area contributed by atoms with Crippen LogP contribution in [0.15, 0.2) is 22.8 Å². The van der Waals surface area contributed by atoms with Gasteiger partial charge in [0, 0.05) is 6.54 Å². The Morgan fingerprint density at radius 3 is 2.88 bits per heavy atom. The molecule has 0 spiro atoms. The lowest BCUT2D eigenvalue weighted by atomic mass is 10.1. The van der Waals surface area contributed by atoms with Crippen molar-refractivity contribution >= 4 is 5.97 Å². The average molecular weight is 225 g/mol. The number of hydrogen-bond acceptors (Lipinski definition) is 4. The van der Waals surface area contributed by atoms with Crippen molar-refractivity contribution < 1.29 is 13.9 Å². The van der Waals surface area contributed by atoms with Gasteiger partial charge in [-0.2, -0.15) is 0 Å². The van der Waals surface area contributed by atoms with Gasteiger partial charge in [-0.1, -0.05) is 6.92 Å². The molecule has 0 fully saturated rings. The van der Waals surface area contributed by atoms with Crippen LogP contribution in [0.5, 0.6) is 0 Å². The van der Waals surface area contributed by atoms with Gasteiger partial charge >= 0.3 is 5.97 Å². The Bertz CT molecular complexity index is 308. The first-order valence-electron chi connectivity index (χ1n) is 5.58. The molecular formula is C12H19NO3. The molecule has 4 nitrogen and oxygen atoms in total. The Morgan fingerprint density at radius 2 is 2.31 bits per heavy atom. The third-order valence-electron chi connectivity index (χ3n) is 2.39. The molecule has 0 aliphatic rings. The van der Waals surface area contributed by atoms with Crippen LogP contribution in [0.4, 0.5) is 0 Å². The highest BCUT2D eigenvalue weighted by Gasteiger charge is 2.15. The maximum Gasteiger partial charge on any atom is 0.309 e. The molecule has 1 rings (SSSR count). The zero-order valence-corrected chi connectivity index (χ0v) is 10.0. The molecule has 0 saturated carbocycles. The second kappa shape index (κ2) is 6.33. The second-order valence-electron chi connectivity index (χ2n) is 3.80. The van der Waals surface area contributed by atoms with Gasteiger partial charge < -0.3 is 14.5 Å². The van der Waals surface area contributed by atoms with E-state index in [1.54, 1.807) is 6.26 Å². The van der Waals surface area contributed by atoms with Crippen molar-refractivity contribution in [1.29, 1.82) is 0 Å². The lowest BCUT2D eigenvalue weighted by Crippen LogP contribution is -2.29. The number of carbonyl (C=O) groups is 1. The van der Waals surface area contributed by atoms with Crippen LogP contribution in [0.2, 0.25) is 0 Å². The molecule has 1 N–H and O–H groups in total. The number of hydrogen-bond donors (Lipinski definition) is 1. The number of ether oxygens (including phenoxy) is 1. The van der Waals surface area contributed by atoms with Crippen molar-refractivity contribution in [3.05, 3.63) is 24.2 Å². The molecule has 2 atom stereocenters. The van der Waals surface area contributed by atoms with Crippen LogP contribution in [0.25, 0.3) is 0 Å². The molecule has 1 unspecified atom stereocenters. The van der Waals surface area contributed by atoms with Gasteiger partial charge in [-0.15, -0.1) is 0 Å². The normalized spacial score (nSPS) is 14.4. The number of esters is 1. The first-order chi connectivity index (χ1) is 7.65. The first-order valence-corrected chi connectivity index (χ1v) is 5.58. The van der Waals surface area contributed by atoms with E-state index in [9.17, 15) is 4.79 Å². The molecule has 1 heterocycles. The molecule has 0 saturated heterocycles. The van der Waals surface area contributed by atoms with Gasteiger partial charge in [0.05, 0.1) is 24.8 Å². The summed E-state index contributed by atoms with van der Waals surface area (Å²) < 4.78 is 10.2. The topological polar surface area (TPSA) is 51.5 Å². The largest absolute Gasteiger partial charge is 0.468 e. The monoisotopic (exact) mass is 225 g/mol. The van der Waals surface area contributed by atoms with E-state index in [2.05, 4.69) is 5.32 Å². The van der Waals surface area contributed by atoms with E-state index < -0.39 is 0 Å². The van der Waals surface area contributed by atoms with Crippen molar-refractivity contribution in [2.24, 2.45) is 5.92 Å². The Kier molecular flexibility index (Phi) is 5.05. The summed E-state index contributed by atoms with van der Waals surface area (Å²) in [4.78, 5) is 11.4. The fourth-order valence-electron chi connectivity index (χ4n) is 1.36. The molecule has 0 bridgehead atoms. The van der Waals surface area contributed by atoms with E-state index in [-0.39, 0.29) is 17.9 Å². The minimum atomic E-state index is -0.165. The Morgan fingerprint density at radius 1 is 1.56 bits per heavy atom. The van der Waals surface area contributed by atoms with E-state index in [4.69, 9.17) is 9.15 Å². The quantitative estimate of drug-likeness (QED) is 0.753. The Labute approximate surface area is 96.0 Å². The van der Waals surface area contributed by atoms with Gasteiger partial charge in [0.1, 0.15) is 5.76 Å². The molecule has 16 heavy (non-hydrogen) atoms. The summed E-state index contributed by atoms with van der Waals surface area (Å²) in [5, 5.41) is 3.23. The molecule has 1 aromatic rings. The molecule has 0 aliphatic carbocycles. The van der Waals surface area contributed by atoms with Crippen molar-refractivity contribution in [1.82, 2.24) is 5.32 Å². The summed E-state index contributed by atoms with van der Waals surface area (Å²) in [6.45, 7) is 6.66. The predicted molar refractivity (Wildman–Crippen MR) is 60.9 cm³/mol. The Balaban J connectivity index is 2.31. The van der Waals surface area contributed by atoms with Crippen LogP contribution in [-0.4, -0.2) is 19.1 Å². The molecule has 0 amide bonds. The standard InChI is InChI=1S/C12H19NO3/c1-4-15-12(14)9(2)8-13-10(3)11-6-5-7-16-11/h5-7,9-10,13H,4,8H2,1-3H3/t9?,10-/m0/s1. The smallest absolute Gasteiger partial charge is 0.309 e. The van der Waals surface area contributed by atoms with Crippen molar-refractivity contribution in [3.8, 4) is 0 Å². The van der Waals surface area contributed by atoms with E-state index in [1.165, 1.54) is 0 Å². The SMILES string of the molecule is CCOC(=O)C(C)CN[C@@H](C)c1ccco1. The molecule has 1 aromatic heterocycles. The highest BCUT2D eigenvalue weighted by molar-refractivity contribution is 5.72. The Hall–Kier alpha value is -1.29. The van der Waals surface area contributed by atoms with E-state index in [0.717, 1.165) is 5.76 Å². The average Bonchev–Trinajstić information content (AvgIpc) is 2.79. The van der Waals surface area contributed by atoms with E-state index in [0.29, 0.717) is 13.2 Å². The van der Waals surface area contributed by atoms with Gasteiger partial charge in [-0.3, -0.25) is 4.79 Å². The molecule has 0 aliphatic heterocycles. The molecular weight excluding hydrogens is 206 g/mol. The molecule has 0 aromatic carbocycles. The molecule has 0 radical (unpaired) electrons. The fraction of sp³-hybridized carbons (Fsp3) is 0.583. The van der Waals surface area contributed by atoms with Gasteiger partial charge in [-0.25, -0.2) is 0 Å². The van der Waals surface area contributed by atoms with E-state index >= 15 is 0 Å². The van der Waals surface area contributed by atoms with Crippen molar-refractivity contribution in [2.75, 3.05) is 13.2 Å². The minimum absolute atomic E-state index is 0.104. The summed E-state index contributed by atoms with van der Waals surface area (Å²) in [5.41, 5.74) is 0. The summed E-state index contributed by atoms with van der Waals surface area (Å²) in [6, 6.07) is 3.86. The van der Waals surface area contributed by atoms with E-state index in [1.807, 2.05) is 32.9 Å². The van der Waals surface area contributed by atoms with Gasteiger partial charge in [0.15, 0.2) is 0 Å². The predicted octanol–water partition coefficient (Wildman–Crippen LogP) is 2.13. The van der Waals surface area contributed by atoms with Crippen molar-refractivity contribution in [3.63, 3.8) is 0 Å². The highest BCUT2D eigenvalue weighted by Crippen LogP contribution is 2.12. The lowest BCUT2D eigenvalue weighted by Gasteiger charge is -2.15. The van der Waals surface area contributed by atoms with Crippen LogP contribution >= 0.6 is 0 Å². The maximum absolute atomic E-state index is 11.4. The molecule has 90 valence electrons. The third kappa shape index (κ3) is 3.70. The fourth-order valence-corrected chi connectivity index (χ4v) is 1.36. The molecule has 4 heteroatoms. The summed E-state index contributed by atoms with van der Waals surface area (Å²) >= 11 is 0. The first kappa shape index (κ1) is 12.8. The zero-order valence-electron chi connectivity index (χ0n) is 10.0. The van der Waals surface area contributed by atoms with Gasteiger partial charge in [0.2, 0.25) is 0 Å². The van der Waals surface area contributed by atoms with Gasteiger partial charge in [-0.05, 0) is 26.0 Å². The van der Waals surface area contributed by atoms with Crippen LogP contribution < -0.4 is 5.32 Å². The zero-order chi connectivity index (χ0) is 12.0. The summed E-state index contributed by atoms with van der Waals surface area (Å²) in [7, 11) is 0. The number of nitrogens with one attached hydrogen (secondary N) is 1.